The molecule has 0 saturated heterocycles. The molecule has 2 aromatic heterocycles. The summed E-state index contributed by atoms with van der Waals surface area (Å²) >= 11 is 1.14. The maximum absolute atomic E-state index is 12.5. The van der Waals surface area contributed by atoms with Gasteiger partial charge < -0.3 is 5.73 Å². The Morgan fingerprint density at radius 2 is 2.23 bits per heavy atom. The van der Waals surface area contributed by atoms with E-state index in [-0.39, 0.29) is 11.8 Å². The minimum Gasteiger partial charge on any atom is -0.367 e. The quantitative estimate of drug-likeness (QED) is 0.747. The molecule has 13 heavy (non-hydrogen) atoms. The Balaban J connectivity index is 2.41. The standard InChI is InChI=1S/C7H5FN4S/c8-4-1-2-5(10-3-4)6-11-7(9)12-13-6/h1-3H,(H2,9,12). The summed E-state index contributed by atoms with van der Waals surface area (Å²) in [7, 11) is 0. The van der Waals surface area contributed by atoms with Gasteiger partial charge in [0, 0.05) is 0 Å². The zero-order chi connectivity index (χ0) is 9.26. The molecule has 4 nitrogen and oxygen atoms in total. The summed E-state index contributed by atoms with van der Waals surface area (Å²) in [5, 5.41) is 0.595. The molecule has 0 aliphatic heterocycles. The molecular formula is C7H5FN4S. The van der Waals surface area contributed by atoms with Crippen LogP contribution in [-0.4, -0.2) is 14.3 Å². The van der Waals surface area contributed by atoms with Crippen LogP contribution in [0.25, 0.3) is 10.7 Å². The lowest BCUT2D eigenvalue weighted by Gasteiger charge is -1.92. The first-order valence-electron chi connectivity index (χ1n) is 3.47. The maximum Gasteiger partial charge on any atom is 0.232 e. The van der Waals surface area contributed by atoms with Crippen LogP contribution in [0.4, 0.5) is 10.3 Å². The molecule has 2 rings (SSSR count). The zero-order valence-electron chi connectivity index (χ0n) is 6.44. The van der Waals surface area contributed by atoms with Crippen molar-refractivity contribution < 1.29 is 4.39 Å². The van der Waals surface area contributed by atoms with E-state index in [2.05, 4.69) is 14.3 Å². The van der Waals surface area contributed by atoms with Crippen LogP contribution in [0, 0.1) is 5.82 Å². The molecule has 0 spiro atoms. The van der Waals surface area contributed by atoms with Gasteiger partial charge in [0.25, 0.3) is 0 Å². The van der Waals surface area contributed by atoms with E-state index in [1.54, 1.807) is 0 Å². The molecule has 0 amide bonds. The molecule has 0 aromatic carbocycles. The number of nitrogens with two attached hydrogens (primary N) is 1. The third-order valence-electron chi connectivity index (χ3n) is 1.39. The second-order valence-electron chi connectivity index (χ2n) is 2.32. The first-order valence-corrected chi connectivity index (χ1v) is 4.24. The number of rotatable bonds is 1. The molecule has 6 heteroatoms. The fourth-order valence-corrected chi connectivity index (χ4v) is 1.41. The molecule has 0 saturated carbocycles. The number of nitrogen functional groups attached to an aromatic ring is 1. The van der Waals surface area contributed by atoms with Crippen LogP contribution in [-0.2, 0) is 0 Å². The van der Waals surface area contributed by atoms with Gasteiger partial charge in [0.05, 0.1) is 6.20 Å². The fraction of sp³-hybridized carbons (Fsp3) is 0. The molecule has 0 aliphatic rings. The maximum atomic E-state index is 12.5. The van der Waals surface area contributed by atoms with E-state index < -0.39 is 0 Å². The van der Waals surface area contributed by atoms with E-state index in [4.69, 9.17) is 5.73 Å². The number of halogens is 1. The Kier molecular flexibility index (Phi) is 1.90. The monoisotopic (exact) mass is 196 g/mol. The minimum absolute atomic E-state index is 0.214. The van der Waals surface area contributed by atoms with Crippen molar-refractivity contribution in [3.63, 3.8) is 0 Å². The van der Waals surface area contributed by atoms with Crippen molar-refractivity contribution in [1.82, 2.24) is 14.3 Å². The lowest BCUT2D eigenvalue weighted by atomic mass is 10.3. The average molecular weight is 196 g/mol. The number of pyridine rings is 1. The normalized spacial score (nSPS) is 10.2. The predicted octanol–water partition coefficient (Wildman–Crippen LogP) is 1.32. The third-order valence-corrected chi connectivity index (χ3v) is 2.14. The largest absolute Gasteiger partial charge is 0.367 e. The van der Waals surface area contributed by atoms with E-state index >= 15 is 0 Å². The van der Waals surface area contributed by atoms with Crippen LogP contribution in [0.15, 0.2) is 18.3 Å². The molecule has 0 radical (unpaired) electrons. The number of nitrogens with zero attached hydrogens (tertiary/aromatic N) is 3. The molecule has 2 N–H and O–H groups in total. The molecule has 2 aromatic rings. The Bertz CT molecular complexity index is 411. The molecule has 2 heterocycles. The van der Waals surface area contributed by atoms with Crippen molar-refractivity contribution in [3.05, 3.63) is 24.1 Å². The first kappa shape index (κ1) is 8.06. The van der Waals surface area contributed by atoms with Crippen molar-refractivity contribution in [2.45, 2.75) is 0 Å². The second-order valence-corrected chi connectivity index (χ2v) is 3.07. The summed E-state index contributed by atoms with van der Waals surface area (Å²) < 4.78 is 16.3. The minimum atomic E-state index is -0.374. The highest BCUT2D eigenvalue weighted by Gasteiger charge is 2.04. The Hall–Kier alpha value is -1.56. The summed E-state index contributed by atoms with van der Waals surface area (Å²) in [5.74, 6) is -0.160. The Labute approximate surface area is 77.4 Å². The molecule has 0 aliphatic carbocycles. The summed E-state index contributed by atoms with van der Waals surface area (Å²) in [4.78, 5) is 7.75. The zero-order valence-corrected chi connectivity index (χ0v) is 7.25. The molecule has 0 atom stereocenters. The number of aromatic nitrogens is 3. The van der Waals surface area contributed by atoms with Gasteiger partial charge in [-0.2, -0.15) is 9.36 Å². The number of anilines is 1. The predicted molar refractivity (Wildman–Crippen MR) is 47.5 cm³/mol. The van der Waals surface area contributed by atoms with E-state index in [1.807, 2.05) is 0 Å². The summed E-state index contributed by atoms with van der Waals surface area (Å²) in [6.45, 7) is 0. The topological polar surface area (TPSA) is 64.7 Å². The van der Waals surface area contributed by atoms with Crippen LogP contribution in [0.2, 0.25) is 0 Å². The lowest BCUT2D eigenvalue weighted by molar-refractivity contribution is 0.622. The summed E-state index contributed by atoms with van der Waals surface area (Å²) in [5.41, 5.74) is 5.91. The van der Waals surface area contributed by atoms with Crippen LogP contribution < -0.4 is 5.73 Å². The van der Waals surface area contributed by atoms with E-state index in [1.165, 1.54) is 12.1 Å². The molecule has 0 fully saturated rings. The van der Waals surface area contributed by atoms with Crippen molar-refractivity contribution in [1.29, 1.82) is 0 Å². The molecule has 0 unspecified atom stereocenters. The number of hydrogen-bond acceptors (Lipinski definition) is 5. The third kappa shape index (κ3) is 1.62. The van der Waals surface area contributed by atoms with Gasteiger partial charge in [-0.25, -0.2) is 4.39 Å². The van der Waals surface area contributed by atoms with Crippen LogP contribution in [0.1, 0.15) is 0 Å². The molecular weight excluding hydrogens is 191 g/mol. The van der Waals surface area contributed by atoms with Gasteiger partial charge in [0.2, 0.25) is 5.95 Å². The average Bonchev–Trinajstić information content (AvgIpc) is 2.53. The SMILES string of the molecule is Nc1nsc(-c2ccc(F)cn2)n1. The highest BCUT2D eigenvalue weighted by atomic mass is 32.1. The molecule has 0 bridgehead atoms. The first-order chi connectivity index (χ1) is 6.25. The fourth-order valence-electron chi connectivity index (χ4n) is 0.841. The van der Waals surface area contributed by atoms with Crippen molar-refractivity contribution in [2.75, 3.05) is 5.73 Å². The van der Waals surface area contributed by atoms with Gasteiger partial charge in [0.15, 0.2) is 5.01 Å². The van der Waals surface area contributed by atoms with Crippen molar-refractivity contribution in [2.24, 2.45) is 0 Å². The van der Waals surface area contributed by atoms with Crippen molar-refractivity contribution >= 4 is 17.5 Å². The van der Waals surface area contributed by atoms with Gasteiger partial charge in [-0.05, 0) is 23.7 Å². The second kappa shape index (κ2) is 3.06. The van der Waals surface area contributed by atoms with Gasteiger partial charge in [-0.1, -0.05) is 0 Å². The Morgan fingerprint density at radius 1 is 1.38 bits per heavy atom. The lowest BCUT2D eigenvalue weighted by Crippen LogP contribution is -1.87. The van der Waals surface area contributed by atoms with E-state index in [0.717, 1.165) is 17.7 Å². The molecule has 66 valence electrons. The van der Waals surface area contributed by atoms with E-state index in [9.17, 15) is 4.39 Å². The summed E-state index contributed by atoms with van der Waals surface area (Å²) in [6.07, 6.45) is 1.13. The van der Waals surface area contributed by atoms with Crippen molar-refractivity contribution in [3.8, 4) is 10.7 Å². The van der Waals surface area contributed by atoms with Crippen LogP contribution in [0.5, 0.6) is 0 Å². The van der Waals surface area contributed by atoms with Gasteiger partial charge in [0.1, 0.15) is 11.5 Å². The highest BCUT2D eigenvalue weighted by molar-refractivity contribution is 7.09. The Morgan fingerprint density at radius 3 is 2.77 bits per heavy atom. The number of hydrogen-bond donors (Lipinski definition) is 1. The summed E-state index contributed by atoms with van der Waals surface area (Å²) in [6, 6.07) is 2.86. The van der Waals surface area contributed by atoms with Crippen LogP contribution >= 0.6 is 11.5 Å². The highest BCUT2D eigenvalue weighted by Crippen LogP contribution is 2.19. The van der Waals surface area contributed by atoms with Crippen LogP contribution in [0.3, 0.4) is 0 Å². The van der Waals surface area contributed by atoms with E-state index in [0.29, 0.717) is 10.7 Å². The van der Waals surface area contributed by atoms with Gasteiger partial charge >= 0.3 is 0 Å². The van der Waals surface area contributed by atoms with Gasteiger partial charge in [-0.15, -0.1) is 0 Å². The van der Waals surface area contributed by atoms with Gasteiger partial charge in [-0.3, -0.25) is 4.98 Å². The smallest absolute Gasteiger partial charge is 0.232 e.